The highest BCUT2D eigenvalue weighted by molar-refractivity contribution is 9.10. The monoisotopic (exact) mass is 289 g/mol. The maximum absolute atomic E-state index is 12.2. The van der Waals surface area contributed by atoms with Crippen molar-refractivity contribution in [2.45, 2.75) is 13.8 Å². The second-order valence-electron chi connectivity index (χ2n) is 3.98. The molecule has 2 rings (SSSR count). The highest BCUT2D eigenvalue weighted by Crippen LogP contribution is 2.19. The van der Waals surface area contributed by atoms with E-state index in [1.54, 1.807) is 12.3 Å². The van der Waals surface area contributed by atoms with Crippen LogP contribution in [0.2, 0.25) is 0 Å². The Bertz CT molecular complexity index is 561. The Morgan fingerprint density at radius 1 is 1.12 bits per heavy atom. The Kier molecular flexibility index (Phi) is 3.38. The number of halogens is 1. The molecule has 0 radical (unpaired) electrons. The number of carbonyl (C=O) groups is 1. The van der Waals surface area contributed by atoms with Crippen LogP contribution in [0.1, 0.15) is 27.2 Å². The standard InChI is InChI=1S/C14H12BrNO/c1-9-3-5-11(7-13(9)15)14(17)12-6-4-10(2)16-8-12/h3-8H,1-2H3. The van der Waals surface area contributed by atoms with Crippen LogP contribution in [0.3, 0.4) is 0 Å². The second-order valence-corrected chi connectivity index (χ2v) is 4.84. The summed E-state index contributed by atoms with van der Waals surface area (Å²) in [7, 11) is 0. The molecule has 1 heterocycles. The summed E-state index contributed by atoms with van der Waals surface area (Å²) in [5.41, 5.74) is 3.31. The number of carbonyl (C=O) groups excluding carboxylic acids is 1. The van der Waals surface area contributed by atoms with E-state index in [1.807, 2.05) is 38.1 Å². The minimum absolute atomic E-state index is 0.00167. The normalized spacial score (nSPS) is 10.3. The lowest BCUT2D eigenvalue weighted by Crippen LogP contribution is -2.02. The van der Waals surface area contributed by atoms with Crippen molar-refractivity contribution in [2.24, 2.45) is 0 Å². The highest BCUT2D eigenvalue weighted by atomic mass is 79.9. The number of hydrogen-bond acceptors (Lipinski definition) is 2. The molecule has 0 spiro atoms. The van der Waals surface area contributed by atoms with E-state index in [1.165, 1.54) is 0 Å². The zero-order valence-electron chi connectivity index (χ0n) is 9.70. The van der Waals surface area contributed by atoms with Gasteiger partial charge in [0.2, 0.25) is 0 Å². The van der Waals surface area contributed by atoms with Crippen molar-refractivity contribution in [1.82, 2.24) is 4.98 Å². The fourth-order valence-corrected chi connectivity index (χ4v) is 1.88. The second kappa shape index (κ2) is 4.80. The van der Waals surface area contributed by atoms with E-state index < -0.39 is 0 Å². The average Bonchev–Trinajstić information content (AvgIpc) is 2.33. The molecule has 0 saturated carbocycles. The summed E-state index contributed by atoms with van der Waals surface area (Å²) < 4.78 is 0.948. The number of benzene rings is 1. The molecule has 1 aromatic carbocycles. The van der Waals surface area contributed by atoms with E-state index in [9.17, 15) is 4.79 Å². The third-order valence-corrected chi connectivity index (χ3v) is 3.46. The van der Waals surface area contributed by atoms with E-state index in [0.717, 1.165) is 15.7 Å². The van der Waals surface area contributed by atoms with Gasteiger partial charge in [0.15, 0.2) is 5.78 Å². The third kappa shape index (κ3) is 2.61. The highest BCUT2D eigenvalue weighted by Gasteiger charge is 2.10. The van der Waals surface area contributed by atoms with Crippen LogP contribution < -0.4 is 0 Å². The molecular formula is C14H12BrNO. The molecule has 0 aliphatic rings. The van der Waals surface area contributed by atoms with E-state index in [4.69, 9.17) is 0 Å². The average molecular weight is 290 g/mol. The van der Waals surface area contributed by atoms with Crippen molar-refractivity contribution in [3.8, 4) is 0 Å². The Hall–Kier alpha value is -1.48. The van der Waals surface area contributed by atoms with Crippen LogP contribution in [0.4, 0.5) is 0 Å². The molecule has 3 heteroatoms. The number of aryl methyl sites for hydroxylation is 2. The van der Waals surface area contributed by atoms with Gasteiger partial charge in [-0.2, -0.15) is 0 Å². The summed E-state index contributed by atoms with van der Waals surface area (Å²) >= 11 is 3.43. The zero-order valence-corrected chi connectivity index (χ0v) is 11.3. The first-order valence-corrected chi connectivity index (χ1v) is 6.11. The van der Waals surface area contributed by atoms with E-state index >= 15 is 0 Å². The molecule has 0 N–H and O–H groups in total. The van der Waals surface area contributed by atoms with Crippen molar-refractivity contribution in [3.63, 3.8) is 0 Å². The van der Waals surface area contributed by atoms with Crippen molar-refractivity contribution in [2.75, 3.05) is 0 Å². The zero-order chi connectivity index (χ0) is 12.4. The fourth-order valence-electron chi connectivity index (χ4n) is 1.50. The van der Waals surface area contributed by atoms with Crippen molar-refractivity contribution in [1.29, 1.82) is 0 Å². The topological polar surface area (TPSA) is 30.0 Å². The smallest absolute Gasteiger partial charge is 0.194 e. The summed E-state index contributed by atoms with van der Waals surface area (Å²) in [5.74, 6) is -0.00167. The van der Waals surface area contributed by atoms with Gasteiger partial charge in [0.1, 0.15) is 0 Å². The number of ketones is 1. The van der Waals surface area contributed by atoms with Gasteiger partial charge in [-0.15, -0.1) is 0 Å². The van der Waals surface area contributed by atoms with E-state index in [2.05, 4.69) is 20.9 Å². The molecule has 1 aromatic heterocycles. The van der Waals surface area contributed by atoms with Crippen LogP contribution in [0.25, 0.3) is 0 Å². The number of nitrogens with zero attached hydrogens (tertiary/aromatic N) is 1. The van der Waals surface area contributed by atoms with Gasteiger partial charge in [0, 0.05) is 27.5 Å². The lowest BCUT2D eigenvalue weighted by molar-refractivity contribution is 0.103. The molecule has 0 aliphatic heterocycles. The summed E-state index contributed by atoms with van der Waals surface area (Å²) in [6.45, 7) is 3.89. The van der Waals surface area contributed by atoms with Crippen LogP contribution in [0, 0.1) is 13.8 Å². The van der Waals surface area contributed by atoms with Gasteiger partial charge in [0.05, 0.1) is 0 Å². The van der Waals surface area contributed by atoms with E-state index in [-0.39, 0.29) is 5.78 Å². The van der Waals surface area contributed by atoms with Crippen LogP contribution in [-0.4, -0.2) is 10.8 Å². The van der Waals surface area contributed by atoms with Crippen LogP contribution in [0.15, 0.2) is 41.0 Å². The predicted octanol–water partition coefficient (Wildman–Crippen LogP) is 3.69. The third-order valence-electron chi connectivity index (χ3n) is 2.61. The molecule has 0 unspecified atom stereocenters. The van der Waals surface area contributed by atoms with Gasteiger partial charge >= 0.3 is 0 Å². The van der Waals surface area contributed by atoms with Crippen molar-refractivity contribution >= 4 is 21.7 Å². The van der Waals surface area contributed by atoms with Gasteiger partial charge in [-0.25, -0.2) is 0 Å². The minimum Gasteiger partial charge on any atom is -0.289 e. The Labute approximate surface area is 109 Å². The van der Waals surface area contributed by atoms with Crippen LogP contribution >= 0.6 is 15.9 Å². The Morgan fingerprint density at radius 3 is 2.41 bits per heavy atom. The number of hydrogen-bond donors (Lipinski definition) is 0. The molecule has 0 atom stereocenters. The van der Waals surface area contributed by atoms with Gasteiger partial charge in [-0.05, 0) is 37.6 Å². The molecular weight excluding hydrogens is 278 g/mol. The minimum atomic E-state index is -0.00167. The van der Waals surface area contributed by atoms with Gasteiger partial charge in [-0.1, -0.05) is 28.1 Å². The molecule has 0 fully saturated rings. The van der Waals surface area contributed by atoms with Crippen LogP contribution in [-0.2, 0) is 0 Å². The molecule has 2 aromatic rings. The number of aromatic nitrogens is 1. The lowest BCUT2D eigenvalue weighted by atomic mass is 10.0. The maximum atomic E-state index is 12.2. The Balaban J connectivity index is 2.37. The largest absolute Gasteiger partial charge is 0.289 e. The fraction of sp³-hybridized carbons (Fsp3) is 0.143. The quantitative estimate of drug-likeness (QED) is 0.789. The molecule has 0 aliphatic carbocycles. The van der Waals surface area contributed by atoms with Crippen molar-refractivity contribution < 1.29 is 4.79 Å². The summed E-state index contributed by atoms with van der Waals surface area (Å²) in [4.78, 5) is 16.3. The van der Waals surface area contributed by atoms with Gasteiger partial charge < -0.3 is 0 Å². The van der Waals surface area contributed by atoms with Gasteiger partial charge in [-0.3, -0.25) is 9.78 Å². The first-order chi connectivity index (χ1) is 8.08. The summed E-state index contributed by atoms with van der Waals surface area (Å²) in [6.07, 6.45) is 1.62. The molecule has 86 valence electrons. The van der Waals surface area contributed by atoms with Crippen molar-refractivity contribution in [3.05, 3.63) is 63.4 Å². The summed E-state index contributed by atoms with van der Waals surface area (Å²) in [5, 5.41) is 0. The SMILES string of the molecule is Cc1ccc(C(=O)c2ccc(C)c(Br)c2)cn1. The first kappa shape index (κ1) is 12.0. The molecule has 0 bridgehead atoms. The predicted molar refractivity (Wildman–Crippen MR) is 71.3 cm³/mol. The molecule has 0 saturated heterocycles. The first-order valence-electron chi connectivity index (χ1n) is 5.31. The molecule has 2 nitrogen and oxygen atoms in total. The molecule has 17 heavy (non-hydrogen) atoms. The van der Waals surface area contributed by atoms with Gasteiger partial charge in [0.25, 0.3) is 0 Å². The van der Waals surface area contributed by atoms with Crippen LogP contribution in [0.5, 0.6) is 0 Å². The van der Waals surface area contributed by atoms with E-state index in [0.29, 0.717) is 11.1 Å². The summed E-state index contributed by atoms with van der Waals surface area (Å²) in [6, 6.07) is 9.26. The lowest BCUT2D eigenvalue weighted by Gasteiger charge is -2.04. The maximum Gasteiger partial charge on any atom is 0.194 e. The molecule has 0 amide bonds. The Morgan fingerprint density at radius 2 is 1.82 bits per heavy atom. The number of rotatable bonds is 2. The number of pyridine rings is 1.